The van der Waals surface area contributed by atoms with Gasteiger partial charge in [0.2, 0.25) is 5.91 Å². The quantitative estimate of drug-likeness (QED) is 0.0511. The molecule has 3 aliphatic rings. The van der Waals surface area contributed by atoms with Crippen LogP contribution >= 0.6 is 0 Å². The van der Waals surface area contributed by atoms with Gasteiger partial charge in [-0.3, -0.25) is 9.69 Å². The number of hydrogen-bond acceptors (Lipinski definition) is 32. The Morgan fingerprint density at radius 2 is 0.832 bits per heavy atom. The summed E-state index contributed by atoms with van der Waals surface area (Å²) in [5.41, 5.74) is 48.0. The summed E-state index contributed by atoms with van der Waals surface area (Å²) < 4.78 is 39.0. The highest BCUT2D eigenvalue weighted by Crippen LogP contribution is 2.40. The lowest BCUT2D eigenvalue weighted by Crippen LogP contribution is -2.42. The van der Waals surface area contributed by atoms with Crippen LogP contribution in [0.15, 0.2) is 116 Å². The number of hydrogen-bond donors (Lipinski definition) is 8. The maximum atomic E-state index is 12.7. The van der Waals surface area contributed by atoms with Gasteiger partial charge in [0.15, 0.2) is 68.2 Å². The van der Waals surface area contributed by atoms with Crippen molar-refractivity contribution in [3.05, 3.63) is 98.1 Å². The van der Waals surface area contributed by atoms with Crippen LogP contribution in [0.1, 0.15) is 52.6 Å². The SMILES string of the molecule is CC(C)n1nc(-c2ccc3onc(NC4CC4)c3c2)c2c(N)ncnc21.CNc1noc2ccc(-c3nn(C(C)C)c4ncnc(N)c34)cc12.Nc1noc2ccc(-c3nn(CC(=O)N4CCOCC4)c4ncnc(N)c34)cc12.Nc1noc2ccc(-c3nn(CCN4CCOCC4)c4ncnc(N)c34)cc12. The maximum absolute atomic E-state index is 12.7. The first-order valence-electron chi connectivity index (χ1n) is 34.6. The maximum Gasteiger partial charge on any atom is 0.244 e. The predicted molar refractivity (Wildman–Crippen MR) is 401 cm³/mol. The van der Waals surface area contributed by atoms with E-state index in [0.717, 1.165) is 127 Å². The zero-order valence-electron chi connectivity index (χ0n) is 58.8. The van der Waals surface area contributed by atoms with Crippen LogP contribution in [0.25, 0.3) is 133 Å². The molecule has 3 fully saturated rings. The summed E-state index contributed by atoms with van der Waals surface area (Å²) in [5, 5.41) is 47.2. The number of benzene rings is 4. The van der Waals surface area contributed by atoms with E-state index in [1.807, 2.05) is 80.8 Å². The van der Waals surface area contributed by atoms with Gasteiger partial charge in [0.05, 0.1) is 76.1 Å². The molecule has 2 aliphatic heterocycles. The van der Waals surface area contributed by atoms with E-state index < -0.39 is 0 Å². The summed E-state index contributed by atoms with van der Waals surface area (Å²) in [5.74, 6) is 3.57. The van der Waals surface area contributed by atoms with Gasteiger partial charge in [0, 0.05) is 80.2 Å². The van der Waals surface area contributed by atoms with E-state index in [0.29, 0.717) is 112 Å². The minimum atomic E-state index is -0.0554. The molecule has 0 bridgehead atoms. The number of carbonyl (C=O) groups is 1. The Labute approximate surface area is 605 Å². The molecule has 0 radical (unpaired) electrons. The third-order valence-corrected chi connectivity index (χ3v) is 18.7. The molecule has 16 aromatic rings. The van der Waals surface area contributed by atoms with Gasteiger partial charge >= 0.3 is 0 Å². The molecular formula is C70H74N30O7. The zero-order chi connectivity index (χ0) is 73.7. The summed E-state index contributed by atoms with van der Waals surface area (Å²) in [6, 6.07) is 23.6. The van der Waals surface area contributed by atoms with Gasteiger partial charge in [0.1, 0.15) is 77.9 Å². The number of nitrogens with one attached hydrogen (secondary N) is 2. The Kier molecular flexibility index (Phi) is 18.1. The van der Waals surface area contributed by atoms with Crippen molar-refractivity contribution in [2.24, 2.45) is 0 Å². The largest absolute Gasteiger partial charge is 0.383 e. The van der Waals surface area contributed by atoms with Crippen molar-refractivity contribution in [3.63, 3.8) is 0 Å². The Hall–Kier alpha value is -13.3. The average molecular weight is 1450 g/mol. The number of nitrogen functional groups attached to an aromatic ring is 6. The second kappa shape index (κ2) is 28.4. The first-order chi connectivity index (χ1) is 52.0. The molecule has 1 aliphatic carbocycles. The highest BCUT2D eigenvalue weighted by molar-refractivity contribution is 6.05. The summed E-state index contributed by atoms with van der Waals surface area (Å²) >= 11 is 0. The number of aromatic nitrogens is 20. The number of nitrogens with two attached hydrogens (primary N) is 6. The number of nitrogens with zero attached hydrogens (tertiary/aromatic N) is 22. The van der Waals surface area contributed by atoms with Crippen molar-refractivity contribution in [2.75, 3.05) is 111 Å². The molecule has 0 unspecified atom stereocenters. The van der Waals surface area contributed by atoms with Crippen molar-refractivity contribution in [1.29, 1.82) is 0 Å². The number of carbonyl (C=O) groups excluding carboxylic acids is 1. The fourth-order valence-corrected chi connectivity index (χ4v) is 13.0. The van der Waals surface area contributed by atoms with Gasteiger partial charge < -0.3 is 77.5 Å². The van der Waals surface area contributed by atoms with E-state index in [2.05, 4.69) is 109 Å². The molecule has 37 nitrogen and oxygen atoms in total. The van der Waals surface area contributed by atoms with Crippen LogP contribution in [0.3, 0.4) is 0 Å². The van der Waals surface area contributed by atoms with E-state index >= 15 is 0 Å². The van der Waals surface area contributed by atoms with E-state index in [4.69, 9.17) is 77.3 Å². The number of rotatable bonds is 14. The van der Waals surface area contributed by atoms with Gasteiger partial charge in [-0.1, -0.05) is 20.6 Å². The topological polar surface area (TPSA) is 501 Å². The van der Waals surface area contributed by atoms with Crippen LogP contribution in [0, 0.1) is 0 Å². The fraction of sp³-hybridized carbons (Fsp3) is 0.300. The van der Waals surface area contributed by atoms with Gasteiger partial charge in [-0.2, -0.15) is 20.4 Å². The van der Waals surface area contributed by atoms with Crippen molar-refractivity contribution < 1.29 is 32.4 Å². The second-order valence-corrected chi connectivity index (χ2v) is 26.3. The molecule has 1 amide bonds. The van der Waals surface area contributed by atoms with Crippen LogP contribution in [0.5, 0.6) is 0 Å². The Balaban J connectivity index is 0.000000109. The molecule has 2 saturated heterocycles. The summed E-state index contributed by atoms with van der Waals surface area (Å²) in [6.07, 6.45) is 8.11. The Morgan fingerprint density at radius 1 is 0.449 bits per heavy atom. The van der Waals surface area contributed by atoms with Crippen molar-refractivity contribution in [3.8, 4) is 45.0 Å². The highest BCUT2D eigenvalue weighted by Gasteiger charge is 2.28. The zero-order valence-corrected chi connectivity index (χ0v) is 58.8. The first-order valence-corrected chi connectivity index (χ1v) is 34.6. The molecule has 12 aromatic heterocycles. The summed E-state index contributed by atoms with van der Waals surface area (Å²) in [7, 11) is 1.80. The molecule has 4 aromatic carbocycles. The van der Waals surface area contributed by atoms with Crippen LogP contribution < -0.4 is 45.0 Å². The lowest BCUT2D eigenvalue weighted by Gasteiger charge is -2.26. The van der Waals surface area contributed by atoms with Gasteiger partial charge in [-0.25, -0.2) is 58.6 Å². The van der Waals surface area contributed by atoms with Crippen molar-refractivity contribution in [1.82, 2.24) is 109 Å². The minimum Gasteiger partial charge on any atom is -0.383 e. The molecule has 1 saturated carbocycles. The molecule has 546 valence electrons. The average Bonchev–Trinajstić information content (AvgIpc) is 1.63. The monoisotopic (exact) mass is 1450 g/mol. The van der Waals surface area contributed by atoms with Crippen LogP contribution in [0.2, 0.25) is 0 Å². The fourth-order valence-electron chi connectivity index (χ4n) is 13.0. The highest BCUT2D eigenvalue weighted by atomic mass is 16.5. The van der Waals surface area contributed by atoms with Gasteiger partial charge in [-0.15, -0.1) is 0 Å². The molecule has 0 atom stereocenters. The van der Waals surface area contributed by atoms with E-state index in [9.17, 15) is 4.79 Å². The summed E-state index contributed by atoms with van der Waals surface area (Å²) in [6.45, 7) is 15.4. The Morgan fingerprint density at radius 3 is 1.29 bits per heavy atom. The van der Waals surface area contributed by atoms with Crippen LogP contribution in [-0.2, 0) is 27.4 Å². The van der Waals surface area contributed by atoms with Crippen LogP contribution in [-0.4, -0.2) is 188 Å². The van der Waals surface area contributed by atoms with E-state index in [1.54, 1.807) is 22.7 Å². The van der Waals surface area contributed by atoms with Crippen molar-refractivity contribution >= 4 is 140 Å². The van der Waals surface area contributed by atoms with E-state index in [-0.39, 0.29) is 36.2 Å². The molecular weight excluding hydrogens is 1370 g/mol. The molecule has 14 N–H and O–H groups in total. The molecule has 14 heterocycles. The minimum absolute atomic E-state index is 0.0462. The molecule has 19 rings (SSSR count). The summed E-state index contributed by atoms with van der Waals surface area (Å²) in [4.78, 5) is 50.9. The first kappa shape index (κ1) is 68.2. The standard InChI is InChI=1S/C18H18N8O3.C18H20N8O2.C18H19N7O.C16H17N7O/c19-16-11-7-10(1-2-12(11)29-24-16)15-14-17(20)21-9-22-18(14)26(23-15)8-13(27)25-3-5-28-6-4-25;19-16-12-9-11(1-2-13(12)28-24-16)15-14-17(20)21-10-22-18(14)26(23-15)4-3-25-5-7-27-8-6-25;1-9(2)25-18-14(16(19)20-8-21-18)15(23-25)10-3-6-13-12(7-10)17(24-26-13)22-11-4-5-11;1-8(2)23-16-12(14(17)19-7-20-16)13(21-23)9-4-5-11-10(6-9)15(18-3)22-24-11/h1-2,7,9H,3-6,8H2,(H2,19,24)(H2,20,21,22);1-2,9-10H,3-8H2,(H2,19,24)(H2,20,21,22);3,6-9,11H,4-5H2,1-2H3,(H,22,24)(H2,19,20,21);4-8H,1-3H3,(H,18,22)(H2,17,19,20). The Bertz CT molecular complexity index is 5990. The second-order valence-electron chi connectivity index (χ2n) is 26.3. The smallest absolute Gasteiger partial charge is 0.244 e. The number of anilines is 8. The van der Waals surface area contributed by atoms with Gasteiger partial charge in [-0.05, 0) is 113 Å². The lowest BCUT2D eigenvalue weighted by molar-refractivity contribution is -0.136. The normalized spacial score (nSPS) is 14.2. The molecule has 37 heteroatoms. The number of amides is 1. The third-order valence-electron chi connectivity index (χ3n) is 18.7. The lowest BCUT2D eigenvalue weighted by atomic mass is 10.1. The van der Waals surface area contributed by atoms with Gasteiger partial charge in [0.25, 0.3) is 0 Å². The number of morpholine rings is 2. The van der Waals surface area contributed by atoms with Crippen molar-refractivity contribution in [2.45, 2.75) is 71.8 Å². The molecule has 107 heavy (non-hydrogen) atoms. The van der Waals surface area contributed by atoms with E-state index in [1.165, 1.54) is 38.2 Å². The third kappa shape index (κ3) is 13.2. The number of ether oxygens (including phenoxy) is 2. The predicted octanol–water partition coefficient (Wildman–Crippen LogP) is 8.00. The molecule has 0 spiro atoms. The number of fused-ring (bicyclic) bond motifs is 8. The van der Waals surface area contributed by atoms with Crippen LogP contribution in [0.4, 0.5) is 46.5 Å².